The van der Waals surface area contributed by atoms with Gasteiger partial charge in [0.05, 0.1) is 6.61 Å². The lowest BCUT2D eigenvalue weighted by molar-refractivity contribution is -0.142. The number of esters is 2. The van der Waals surface area contributed by atoms with Gasteiger partial charge in [0.1, 0.15) is 56.0 Å². The Hall–Kier alpha value is -5.02. The van der Waals surface area contributed by atoms with Gasteiger partial charge in [0.15, 0.2) is 0 Å². The molecule has 0 heterocycles. The van der Waals surface area contributed by atoms with Crippen molar-refractivity contribution in [1.82, 2.24) is 0 Å². The number of phenolic OH excluding ortho intramolecular Hbond substituents is 1. The summed E-state index contributed by atoms with van der Waals surface area (Å²) in [4.78, 5) is 23.7. The minimum Gasteiger partial charge on any atom is -0.507 e. The molecule has 0 saturated heterocycles. The van der Waals surface area contributed by atoms with Crippen molar-refractivity contribution >= 4 is 11.9 Å². The molecule has 63 heavy (non-hydrogen) atoms. The number of benzene rings is 4. The van der Waals surface area contributed by atoms with Crippen molar-refractivity contribution in [2.75, 3.05) is 39.6 Å². The number of hydrogen-bond donors (Lipinski definition) is 2. The molecular formula is C54H72O9. The fraction of sp³-hybridized carbons (Fsp3) is 0.519. The standard InChI is InChI=1S/C54H72O9/c1-33(56)59-17-19-62-49-37-21-35-25-43(51(3,4)5)26-36(47(35)58)22-38-28-45(53(9,10)11)32-42(50(38)63-20-18-60-34(2)57)24-40-30-46(54(12,13)14)29-39(48(40)61-16-15-55)23-41(49)31-44(27-37)52(6,7)8/h25-32,55,58H,15-24H2,1-14H3. The Morgan fingerprint density at radius 3 is 0.905 bits per heavy atom. The van der Waals surface area contributed by atoms with E-state index in [1.54, 1.807) is 0 Å². The van der Waals surface area contributed by atoms with E-state index in [2.05, 4.69) is 132 Å². The van der Waals surface area contributed by atoms with Crippen molar-refractivity contribution in [1.29, 1.82) is 0 Å². The maximum absolute atomic E-state index is 12.5. The normalized spacial score (nSPS) is 13.3. The first kappa shape index (κ1) is 49.0. The third-order valence-electron chi connectivity index (χ3n) is 11.6. The van der Waals surface area contributed by atoms with E-state index >= 15 is 0 Å². The molecule has 0 saturated carbocycles. The molecule has 0 aromatic heterocycles. The van der Waals surface area contributed by atoms with Crippen LogP contribution in [0.3, 0.4) is 0 Å². The number of carbonyl (C=O) groups is 2. The van der Waals surface area contributed by atoms with Gasteiger partial charge >= 0.3 is 11.9 Å². The topological polar surface area (TPSA) is 121 Å². The summed E-state index contributed by atoms with van der Waals surface area (Å²) in [6, 6.07) is 17.4. The summed E-state index contributed by atoms with van der Waals surface area (Å²) in [6.07, 6.45) is 1.58. The van der Waals surface area contributed by atoms with E-state index in [1.165, 1.54) is 13.8 Å². The van der Waals surface area contributed by atoms with Crippen molar-refractivity contribution in [3.63, 3.8) is 0 Å². The fourth-order valence-electron chi connectivity index (χ4n) is 8.00. The molecule has 342 valence electrons. The average Bonchev–Trinajstić information content (AvgIpc) is 3.15. The lowest BCUT2D eigenvalue weighted by atomic mass is 9.79. The maximum Gasteiger partial charge on any atom is 0.302 e. The number of aromatic hydroxyl groups is 1. The Kier molecular flexibility index (Phi) is 15.1. The highest BCUT2D eigenvalue weighted by atomic mass is 16.6. The highest BCUT2D eigenvalue weighted by molar-refractivity contribution is 5.66. The molecule has 9 nitrogen and oxygen atoms in total. The molecule has 4 aromatic carbocycles. The second-order valence-electron chi connectivity index (χ2n) is 21.2. The van der Waals surface area contributed by atoms with Gasteiger partial charge in [-0.15, -0.1) is 0 Å². The molecule has 2 N–H and O–H groups in total. The highest BCUT2D eigenvalue weighted by Gasteiger charge is 2.29. The van der Waals surface area contributed by atoms with E-state index in [4.69, 9.17) is 23.7 Å². The van der Waals surface area contributed by atoms with E-state index in [9.17, 15) is 19.8 Å². The quantitative estimate of drug-likeness (QED) is 0.0987. The van der Waals surface area contributed by atoms with E-state index in [1.807, 2.05) is 0 Å². The third-order valence-corrected chi connectivity index (χ3v) is 11.6. The first-order valence-corrected chi connectivity index (χ1v) is 22.4. The Labute approximate surface area is 376 Å². The van der Waals surface area contributed by atoms with Gasteiger partial charge in [-0.3, -0.25) is 9.59 Å². The Balaban J connectivity index is 1.95. The fourth-order valence-corrected chi connectivity index (χ4v) is 8.00. The average molecular weight is 865 g/mol. The molecule has 0 atom stereocenters. The van der Waals surface area contributed by atoms with Crippen LogP contribution in [0.25, 0.3) is 0 Å². The third kappa shape index (κ3) is 12.6. The summed E-state index contributed by atoms with van der Waals surface area (Å²) < 4.78 is 30.7. The molecule has 1 aliphatic carbocycles. The van der Waals surface area contributed by atoms with Crippen LogP contribution in [0.15, 0.2) is 48.5 Å². The van der Waals surface area contributed by atoms with Gasteiger partial charge in [0, 0.05) is 39.5 Å². The summed E-state index contributed by atoms with van der Waals surface area (Å²) in [5.74, 6) is 1.47. The predicted molar refractivity (Wildman–Crippen MR) is 250 cm³/mol. The van der Waals surface area contributed by atoms with Crippen LogP contribution in [0.5, 0.6) is 23.0 Å². The monoisotopic (exact) mass is 865 g/mol. The van der Waals surface area contributed by atoms with Gasteiger partial charge in [-0.2, -0.15) is 0 Å². The largest absolute Gasteiger partial charge is 0.507 e. The number of rotatable bonds is 11. The molecular weight excluding hydrogens is 793 g/mol. The van der Waals surface area contributed by atoms with Crippen molar-refractivity contribution in [2.24, 2.45) is 0 Å². The second kappa shape index (κ2) is 19.4. The number of ether oxygens (including phenoxy) is 5. The predicted octanol–water partition coefficient (Wildman–Crippen LogP) is 10.5. The van der Waals surface area contributed by atoms with Gasteiger partial charge in [0.25, 0.3) is 0 Å². The first-order chi connectivity index (χ1) is 29.3. The number of fused-ring (bicyclic) bond motifs is 8. The maximum atomic E-state index is 12.5. The summed E-state index contributed by atoms with van der Waals surface area (Å²) >= 11 is 0. The molecule has 0 radical (unpaired) electrons. The van der Waals surface area contributed by atoms with Crippen molar-refractivity contribution in [3.05, 3.63) is 115 Å². The first-order valence-electron chi connectivity index (χ1n) is 22.4. The van der Waals surface area contributed by atoms with Crippen molar-refractivity contribution in [3.8, 4) is 23.0 Å². The second-order valence-corrected chi connectivity index (χ2v) is 21.2. The van der Waals surface area contributed by atoms with Gasteiger partial charge < -0.3 is 33.9 Å². The molecule has 5 rings (SSSR count). The highest BCUT2D eigenvalue weighted by Crippen LogP contribution is 2.44. The molecule has 0 unspecified atom stereocenters. The van der Waals surface area contributed by atoms with E-state index in [0.29, 0.717) is 42.9 Å². The zero-order valence-corrected chi connectivity index (χ0v) is 40.4. The van der Waals surface area contributed by atoms with Crippen LogP contribution in [0.2, 0.25) is 0 Å². The molecule has 0 amide bonds. The molecule has 0 spiro atoms. The molecule has 9 heteroatoms. The van der Waals surface area contributed by atoms with Crippen LogP contribution in [0.4, 0.5) is 0 Å². The molecule has 8 bridgehead atoms. The van der Waals surface area contributed by atoms with Crippen LogP contribution in [0.1, 0.15) is 164 Å². The summed E-state index contributed by atoms with van der Waals surface area (Å²) in [6.45, 7) is 29.4. The molecule has 0 fully saturated rings. The number of aliphatic hydroxyl groups excluding tert-OH is 1. The Morgan fingerprint density at radius 1 is 0.429 bits per heavy atom. The van der Waals surface area contributed by atoms with Crippen LogP contribution >= 0.6 is 0 Å². The smallest absolute Gasteiger partial charge is 0.302 e. The molecule has 1 aliphatic rings. The lowest BCUT2D eigenvalue weighted by Crippen LogP contribution is -2.18. The Morgan fingerprint density at radius 2 is 0.667 bits per heavy atom. The lowest BCUT2D eigenvalue weighted by Gasteiger charge is -2.29. The number of hydrogen-bond acceptors (Lipinski definition) is 9. The van der Waals surface area contributed by atoms with Gasteiger partial charge in [-0.1, -0.05) is 132 Å². The summed E-state index contributed by atoms with van der Waals surface area (Å²) in [7, 11) is 0. The van der Waals surface area contributed by atoms with E-state index < -0.39 is 0 Å². The van der Waals surface area contributed by atoms with Gasteiger partial charge in [-0.25, -0.2) is 0 Å². The Bertz CT molecular complexity index is 2150. The molecule has 0 aliphatic heterocycles. The minimum absolute atomic E-state index is 0.0816. The zero-order chi connectivity index (χ0) is 46.7. The zero-order valence-electron chi connectivity index (χ0n) is 40.4. The number of carbonyl (C=O) groups excluding carboxylic acids is 2. The van der Waals surface area contributed by atoms with Crippen molar-refractivity contribution < 1.29 is 43.5 Å². The summed E-state index contributed by atoms with van der Waals surface area (Å²) in [5.41, 5.74) is 10.5. The van der Waals surface area contributed by atoms with E-state index in [0.717, 1.165) is 66.8 Å². The van der Waals surface area contributed by atoms with E-state index in [-0.39, 0.29) is 79.0 Å². The van der Waals surface area contributed by atoms with Crippen LogP contribution in [-0.4, -0.2) is 61.8 Å². The number of aliphatic hydroxyl groups is 1. The minimum atomic E-state index is -0.380. The van der Waals surface area contributed by atoms with Gasteiger partial charge in [-0.05, 0) is 88.4 Å². The SMILES string of the molecule is CC(=O)OCCOc1c2cc(C(C)(C)C)cc1Cc1cc(C(C)(C)C)cc(c1OCCO)Cc1cc(C(C)(C)C)cc(c1OCCOC(C)=O)Cc1cc(C(C)(C)C)cc(c1O)C2. The van der Waals surface area contributed by atoms with Crippen molar-refractivity contribution in [2.45, 2.75) is 144 Å². The van der Waals surface area contributed by atoms with Crippen LogP contribution in [-0.2, 0) is 66.4 Å². The van der Waals surface area contributed by atoms with Crippen LogP contribution < -0.4 is 14.2 Å². The summed E-state index contributed by atoms with van der Waals surface area (Å²) in [5, 5.41) is 22.7. The number of phenols is 1. The van der Waals surface area contributed by atoms with Gasteiger partial charge in [0.2, 0.25) is 0 Å². The van der Waals surface area contributed by atoms with Crippen LogP contribution in [0, 0.1) is 0 Å². The molecule has 4 aromatic rings.